The lowest BCUT2D eigenvalue weighted by Crippen LogP contribution is -1.93. The van der Waals surface area contributed by atoms with Crippen LogP contribution in [0.15, 0.2) is 12.4 Å². The molecule has 1 aliphatic carbocycles. The maximum absolute atomic E-state index is 4.14. The average Bonchev–Trinajstić information content (AvgIpc) is 2.30. The lowest BCUT2D eigenvalue weighted by molar-refractivity contribution is 1.08. The largest absolute Gasteiger partial charge is 0.240 e. The van der Waals surface area contributed by atoms with Gasteiger partial charge in [0, 0.05) is 6.42 Å². The Bertz CT molecular complexity index is 394. The lowest BCUT2D eigenvalue weighted by Gasteiger charge is -1.98. The maximum atomic E-state index is 4.14. The molecule has 0 bridgehead atoms. The van der Waals surface area contributed by atoms with Crippen LogP contribution in [0.2, 0.25) is 0 Å². The Morgan fingerprint density at radius 1 is 1.42 bits per heavy atom. The van der Waals surface area contributed by atoms with Crippen molar-refractivity contribution in [2.75, 3.05) is 0 Å². The van der Waals surface area contributed by atoms with Gasteiger partial charge in [-0.3, -0.25) is 0 Å². The Kier molecular flexibility index (Phi) is 1.64. The van der Waals surface area contributed by atoms with Gasteiger partial charge in [-0.1, -0.05) is 17.9 Å². The summed E-state index contributed by atoms with van der Waals surface area (Å²) in [5.74, 6) is 6.08. The van der Waals surface area contributed by atoms with Gasteiger partial charge in [-0.2, -0.15) is 0 Å². The molecule has 2 rings (SSSR count). The van der Waals surface area contributed by atoms with Crippen molar-refractivity contribution in [3.63, 3.8) is 0 Å². The maximum Gasteiger partial charge on any atom is 0.116 e. The van der Waals surface area contributed by atoms with Gasteiger partial charge in [0.1, 0.15) is 6.33 Å². The highest BCUT2D eigenvalue weighted by Gasteiger charge is 2.03. The highest BCUT2D eigenvalue weighted by atomic mass is 14.8. The van der Waals surface area contributed by atoms with Gasteiger partial charge in [0.25, 0.3) is 0 Å². The Balaban J connectivity index is 2.69. The molecule has 0 atom stereocenters. The fourth-order valence-corrected chi connectivity index (χ4v) is 1.14. The van der Waals surface area contributed by atoms with Gasteiger partial charge in [0.2, 0.25) is 0 Å². The van der Waals surface area contributed by atoms with Crippen molar-refractivity contribution in [2.45, 2.75) is 13.3 Å². The zero-order chi connectivity index (χ0) is 8.39. The number of nitrogens with zero attached hydrogens (tertiary/aromatic N) is 2. The first-order valence-electron chi connectivity index (χ1n) is 3.85. The second kappa shape index (κ2) is 2.78. The number of hydrogen-bond donors (Lipinski definition) is 0. The molecular weight excluding hydrogens is 148 g/mol. The number of aryl methyl sites for hydroxylation is 1. The molecule has 1 heterocycles. The topological polar surface area (TPSA) is 25.8 Å². The summed E-state index contributed by atoms with van der Waals surface area (Å²) in [5, 5.41) is 0. The minimum Gasteiger partial charge on any atom is -0.240 e. The van der Waals surface area contributed by atoms with E-state index in [1.54, 1.807) is 6.33 Å². The van der Waals surface area contributed by atoms with E-state index in [0.717, 1.165) is 23.4 Å². The van der Waals surface area contributed by atoms with E-state index in [-0.39, 0.29) is 0 Å². The quantitative estimate of drug-likeness (QED) is 0.532. The fourth-order valence-electron chi connectivity index (χ4n) is 1.14. The van der Waals surface area contributed by atoms with Crippen molar-refractivity contribution in [3.05, 3.63) is 29.4 Å². The van der Waals surface area contributed by atoms with Gasteiger partial charge in [-0.05, 0) is 13.0 Å². The van der Waals surface area contributed by atoms with E-state index in [4.69, 9.17) is 0 Å². The number of rotatable bonds is 0. The Morgan fingerprint density at radius 3 is 3.25 bits per heavy atom. The fraction of sp³-hybridized carbons (Fsp3) is 0.200. The summed E-state index contributed by atoms with van der Waals surface area (Å²) in [7, 11) is 0. The summed E-state index contributed by atoms with van der Waals surface area (Å²) < 4.78 is 0. The molecule has 1 aromatic rings. The average molecular weight is 156 g/mol. The summed E-state index contributed by atoms with van der Waals surface area (Å²) >= 11 is 0. The van der Waals surface area contributed by atoms with Crippen molar-refractivity contribution >= 4 is 6.08 Å². The van der Waals surface area contributed by atoms with Crippen LogP contribution in [0.1, 0.15) is 23.4 Å². The summed E-state index contributed by atoms with van der Waals surface area (Å²) in [5.41, 5.74) is 2.86. The number of allylic oxidation sites excluding steroid dienone is 1. The van der Waals surface area contributed by atoms with Crippen LogP contribution in [0, 0.1) is 18.8 Å². The zero-order valence-electron chi connectivity index (χ0n) is 6.83. The minimum absolute atomic E-state index is 0.801. The van der Waals surface area contributed by atoms with Gasteiger partial charge in [-0.15, -0.1) is 0 Å². The van der Waals surface area contributed by atoms with Crippen molar-refractivity contribution in [2.24, 2.45) is 0 Å². The molecule has 58 valence electrons. The first-order valence-corrected chi connectivity index (χ1v) is 3.85. The third-order valence-electron chi connectivity index (χ3n) is 1.78. The summed E-state index contributed by atoms with van der Waals surface area (Å²) in [6.45, 7) is 1.95. The van der Waals surface area contributed by atoms with E-state index >= 15 is 0 Å². The molecule has 0 aromatic carbocycles. The van der Waals surface area contributed by atoms with E-state index in [1.165, 1.54) is 0 Å². The van der Waals surface area contributed by atoms with E-state index in [2.05, 4.69) is 21.8 Å². The van der Waals surface area contributed by atoms with E-state index in [0.29, 0.717) is 0 Å². The smallest absolute Gasteiger partial charge is 0.116 e. The minimum atomic E-state index is 0.801. The molecule has 12 heavy (non-hydrogen) atoms. The van der Waals surface area contributed by atoms with Gasteiger partial charge >= 0.3 is 0 Å². The first-order chi connectivity index (χ1) is 5.88. The second-order valence-electron chi connectivity index (χ2n) is 2.63. The summed E-state index contributed by atoms with van der Waals surface area (Å²) in [6.07, 6.45) is 6.38. The monoisotopic (exact) mass is 156 g/mol. The summed E-state index contributed by atoms with van der Waals surface area (Å²) in [4.78, 5) is 8.23. The van der Waals surface area contributed by atoms with Crippen LogP contribution in [0.3, 0.4) is 0 Å². The molecule has 2 nitrogen and oxygen atoms in total. The van der Waals surface area contributed by atoms with Crippen LogP contribution in [-0.2, 0) is 0 Å². The molecule has 0 saturated heterocycles. The Hall–Kier alpha value is -1.62. The van der Waals surface area contributed by atoms with Crippen LogP contribution in [0.25, 0.3) is 6.08 Å². The van der Waals surface area contributed by atoms with Crippen LogP contribution in [0.5, 0.6) is 0 Å². The highest BCUT2D eigenvalue weighted by Crippen LogP contribution is 2.11. The van der Waals surface area contributed by atoms with Crippen LogP contribution in [0.4, 0.5) is 0 Å². The van der Waals surface area contributed by atoms with E-state index < -0.39 is 0 Å². The predicted molar refractivity (Wildman–Crippen MR) is 47.3 cm³/mol. The van der Waals surface area contributed by atoms with E-state index in [1.807, 2.05) is 19.1 Å². The van der Waals surface area contributed by atoms with Gasteiger partial charge < -0.3 is 0 Å². The molecule has 0 spiro atoms. The Labute approximate surface area is 71.4 Å². The van der Waals surface area contributed by atoms with Crippen LogP contribution < -0.4 is 0 Å². The normalized spacial score (nSPS) is 12.8. The molecule has 0 amide bonds. The molecule has 1 aliphatic rings. The lowest BCUT2D eigenvalue weighted by atomic mass is 10.2. The number of fused-ring (bicyclic) bond motifs is 1. The van der Waals surface area contributed by atoms with Crippen molar-refractivity contribution in [3.8, 4) is 11.8 Å². The molecule has 0 unspecified atom stereocenters. The second-order valence-corrected chi connectivity index (χ2v) is 2.63. The van der Waals surface area contributed by atoms with Crippen molar-refractivity contribution in [1.29, 1.82) is 0 Å². The van der Waals surface area contributed by atoms with Gasteiger partial charge in [0.05, 0.1) is 17.0 Å². The number of aromatic nitrogens is 2. The molecule has 1 aromatic heterocycles. The molecule has 0 aliphatic heterocycles. The van der Waals surface area contributed by atoms with Gasteiger partial charge in [0.15, 0.2) is 0 Å². The van der Waals surface area contributed by atoms with Crippen LogP contribution in [-0.4, -0.2) is 9.97 Å². The predicted octanol–water partition coefficient (Wildman–Crippen LogP) is 1.55. The summed E-state index contributed by atoms with van der Waals surface area (Å²) in [6, 6.07) is 0. The Morgan fingerprint density at radius 2 is 2.33 bits per heavy atom. The third kappa shape index (κ3) is 1.10. The highest BCUT2D eigenvalue weighted by molar-refractivity contribution is 5.58. The van der Waals surface area contributed by atoms with Crippen LogP contribution >= 0.6 is 0 Å². The molecule has 0 fully saturated rings. The third-order valence-corrected chi connectivity index (χ3v) is 1.78. The van der Waals surface area contributed by atoms with Crippen molar-refractivity contribution in [1.82, 2.24) is 9.97 Å². The molecule has 2 heteroatoms. The molecule has 0 N–H and O–H groups in total. The van der Waals surface area contributed by atoms with Crippen molar-refractivity contribution < 1.29 is 0 Å². The number of hydrogen-bond acceptors (Lipinski definition) is 2. The standard InChI is InChI=1S/C10H8N2/c1-8-9-5-3-2-4-6-10(9)12-7-11-8/h4,6-7H,2H2,1H3. The molecule has 0 radical (unpaired) electrons. The molecular formula is C10H8N2. The van der Waals surface area contributed by atoms with Gasteiger partial charge in [-0.25, -0.2) is 9.97 Å². The zero-order valence-corrected chi connectivity index (χ0v) is 6.83. The SMILES string of the molecule is Cc1ncnc2c1C#CCC=C2. The van der Waals surface area contributed by atoms with E-state index in [9.17, 15) is 0 Å². The first kappa shape index (κ1) is 7.05. The molecule has 0 saturated carbocycles.